The molecule has 2 aromatic carbocycles. The van der Waals surface area contributed by atoms with Crippen LogP contribution in [-0.2, 0) is 0 Å². The van der Waals surface area contributed by atoms with Gasteiger partial charge in [-0.15, -0.1) is 0 Å². The van der Waals surface area contributed by atoms with Gasteiger partial charge in [0.2, 0.25) is 0 Å². The molecule has 0 aliphatic rings. The predicted octanol–water partition coefficient (Wildman–Crippen LogP) is 3.39. The Hall–Kier alpha value is -1.63. The SMILES string of the molecule is O=C(Nc1ccc(O)cc1F)c1ccccc1I. The van der Waals surface area contributed by atoms with Crippen molar-refractivity contribution in [2.75, 3.05) is 5.32 Å². The molecule has 3 nitrogen and oxygen atoms in total. The van der Waals surface area contributed by atoms with Crippen LogP contribution in [0.5, 0.6) is 5.75 Å². The van der Waals surface area contributed by atoms with Crippen molar-refractivity contribution in [1.29, 1.82) is 0 Å². The van der Waals surface area contributed by atoms with Gasteiger partial charge in [0.05, 0.1) is 11.3 Å². The van der Waals surface area contributed by atoms with Crippen molar-refractivity contribution in [3.05, 3.63) is 57.4 Å². The first-order chi connectivity index (χ1) is 8.58. The van der Waals surface area contributed by atoms with Crippen molar-refractivity contribution >= 4 is 34.2 Å². The van der Waals surface area contributed by atoms with Crippen LogP contribution in [0.25, 0.3) is 0 Å². The molecule has 0 atom stereocenters. The molecule has 0 aliphatic carbocycles. The molecular formula is C13H9FINO2. The highest BCUT2D eigenvalue weighted by Gasteiger charge is 2.11. The zero-order valence-electron chi connectivity index (χ0n) is 9.15. The lowest BCUT2D eigenvalue weighted by molar-refractivity contribution is 0.102. The largest absolute Gasteiger partial charge is 0.508 e. The topological polar surface area (TPSA) is 49.3 Å². The summed E-state index contributed by atoms with van der Waals surface area (Å²) in [5, 5.41) is 11.5. The second-order valence-electron chi connectivity index (χ2n) is 3.60. The van der Waals surface area contributed by atoms with E-state index in [1.165, 1.54) is 12.1 Å². The Morgan fingerprint density at radius 2 is 1.94 bits per heavy atom. The summed E-state index contributed by atoms with van der Waals surface area (Å²) in [6.07, 6.45) is 0. The standard InChI is InChI=1S/C13H9FINO2/c14-10-7-8(17)5-6-12(10)16-13(18)9-3-1-2-4-11(9)15/h1-7,17H,(H,16,18). The molecule has 1 amide bonds. The second-order valence-corrected chi connectivity index (χ2v) is 4.76. The van der Waals surface area contributed by atoms with Crippen LogP contribution >= 0.6 is 22.6 Å². The van der Waals surface area contributed by atoms with Gasteiger partial charge in [0.15, 0.2) is 0 Å². The van der Waals surface area contributed by atoms with Crippen LogP contribution in [0, 0.1) is 9.39 Å². The van der Waals surface area contributed by atoms with E-state index in [1.807, 2.05) is 28.7 Å². The lowest BCUT2D eigenvalue weighted by Crippen LogP contribution is -2.14. The number of nitrogens with one attached hydrogen (secondary N) is 1. The van der Waals surface area contributed by atoms with Crippen molar-refractivity contribution in [2.24, 2.45) is 0 Å². The minimum atomic E-state index is -0.672. The molecule has 0 unspecified atom stereocenters. The molecule has 0 aliphatic heterocycles. The summed E-state index contributed by atoms with van der Waals surface area (Å²) in [5.74, 6) is -1.24. The Kier molecular flexibility index (Phi) is 3.81. The van der Waals surface area contributed by atoms with E-state index in [0.29, 0.717) is 5.56 Å². The number of hydrogen-bond acceptors (Lipinski definition) is 2. The van der Waals surface area contributed by atoms with Gasteiger partial charge in [0, 0.05) is 9.64 Å². The van der Waals surface area contributed by atoms with Crippen LogP contribution in [0.3, 0.4) is 0 Å². The number of phenols is 1. The fraction of sp³-hybridized carbons (Fsp3) is 0. The second kappa shape index (κ2) is 5.34. The van der Waals surface area contributed by atoms with E-state index in [2.05, 4.69) is 5.32 Å². The maximum atomic E-state index is 13.5. The van der Waals surface area contributed by atoms with Crippen LogP contribution < -0.4 is 5.32 Å². The summed E-state index contributed by atoms with van der Waals surface area (Å²) in [5.41, 5.74) is 0.517. The van der Waals surface area contributed by atoms with Crippen LogP contribution in [0.4, 0.5) is 10.1 Å². The Balaban J connectivity index is 2.24. The monoisotopic (exact) mass is 357 g/mol. The van der Waals surface area contributed by atoms with E-state index < -0.39 is 5.82 Å². The van der Waals surface area contributed by atoms with Gasteiger partial charge in [-0.3, -0.25) is 4.79 Å². The number of anilines is 1. The van der Waals surface area contributed by atoms with E-state index in [4.69, 9.17) is 5.11 Å². The Morgan fingerprint density at radius 1 is 1.22 bits per heavy atom. The average Bonchev–Trinajstić information content (AvgIpc) is 2.33. The molecular weight excluding hydrogens is 348 g/mol. The number of rotatable bonds is 2. The maximum absolute atomic E-state index is 13.5. The third-order valence-electron chi connectivity index (χ3n) is 2.32. The number of carbonyl (C=O) groups excluding carboxylic acids is 1. The van der Waals surface area contributed by atoms with Crippen LogP contribution in [0.1, 0.15) is 10.4 Å². The Bertz CT molecular complexity index is 601. The third kappa shape index (κ3) is 2.79. The van der Waals surface area contributed by atoms with Crippen LogP contribution in [0.15, 0.2) is 42.5 Å². The fourth-order valence-electron chi connectivity index (χ4n) is 1.44. The molecule has 2 aromatic rings. The van der Waals surface area contributed by atoms with Crippen molar-refractivity contribution in [3.63, 3.8) is 0 Å². The number of benzene rings is 2. The molecule has 0 heterocycles. The Labute approximate surface area is 117 Å². The zero-order valence-corrected chi connectivity index (χ0v) is 11.3. The molecule has 2 rings (SSSR count). The van der Waals surface area contributed by atoms with Gasteiger partial charge in [0.25, 0.3) is 5.91 Å². The van der Waals surface area contributed by atoms with E-state index >= 15 is 0 Å². The molecule has 0 fully saturated rings. The molecule has 0 aromatic heterocycles. The van der Waals surface area contributed by atoms with Gasteiger partial charge in [-0.05, 0) is 46.9 Å². The highest BCUT2D eigenvalue weighted by molar-refractivity contribution is 14.1. The molecule has 18 heavy (non-hydrogen) atoms. The summed E-state index contributed by atoms with van der Waals surface area (Å²) in [6.45, 7) is 0. The number of amides is 1. The summed E-state index contributed by atoms with van der Waals surface area (Å²) in [4.78, 5) is 11.9. The third-order valence-corrected chi connectivity index (χ3v) is 3.26. The minimum Gasteiger partial charge on any atom is -0.508 e. The van der Waals surface area contributed by atoms with Gasteiger partial charge in [-0.1, -0.05) is 12.1 Å². The molecule has 92 valence electrons. The van der Waals surface area contributed by atoms with E-state index in [1.54, 1.807) is 18.2 Å². The molecule has 0 saturated heterocycles. The first-order valence-electron chi connectivity index (χ1n) is 5.12. The number of carbonyl (C=O) groups is 1. The molecule has 0 spiro atoms. The first-order valence-corrected chi connectivity index (χ1v) is 6.20. The van der Waals surface area contributed by atoms with Gasteiger partial charge in [0.1, 0.15) is 11.6 Å². The van der Waals surface area contributed by atoms with E-state index in [9.17, 15) is 9.18 Å². The number of phenolic OH excluding ortho intramolecular Hbond substituents is 1. The number of halogens is 2. The fourth-order valence-corrected chi connectivity index (χ4v) is 2.07. The molecule has 2 N–H and O–H groups in total. The Morgan fingerprint density at radius 3 is 2.61 bits per heavy atom. The van der Waals surface area contributed by atoms with Crippen molar-refractivity contribution < 1.29 is 14.3 Å². The van der Waals surface area contributed by atoms with Crippen LogP contribution in [0.2, 0.25) is 0 Å². The smallest absolute Gasteiger partial charge is 0.256 e. The summed E-state index contributed by atoms with van der Waals surface area (Å²) >= 11 is 2.04. The molecule has 0 radical (unpaired) electrons. The van der Waals surface area contributed by atoms with Crippen molar-refractivity contribution in [1.82, 2.24) is 0 Å². The summed E-state index contributed by atoms with van der Waals surface area (Å²) in [6, 6.07) is 10.6. The summed E-state index contributed by atoms with van der Waals surface area (Å²) in [7, 11) is 0. The number of aromatic hydroxyl groups is 1. The highest BCUT2D eigenvalue weighted by atomic mass is 127. The lowest BCUT2D eigenvalue weighted by Gasteiger charge is -2.07. The van der Waals surface area contributed by atoms with Crippen LogP contribution in [-0.4, -0.2) is 11.0 Å². The molecule has 5 heteroatoms. The normalized spacial score (nSPS) is 10.1. The van der Waals surface area contributed by atoms with Crippen molar-refractivity contribution in [2.45, 2.75) is 0 Å². The number of hydrogen-bond donors (Lipinski definition) is 2. The minimum absolute atomic E-state index is 0.0393. The summed E-state index contributed by atoms with van der Waals surface area (Å²) < 4.78 is 14.2. The van der Waals surface area contributed by atoms with E-state index in [0.717, 1.165) is 9.64 Å². The quantitative estimate of drug-likeness (QED) is 0.640. The first kappa shape index (κ1) is 12.8. The lowest BCUT2D eigenvalue weighted by atomic mass is 10.2. The van der Waals surface area contributed by atoms with Gasteiger partial charge >= 0.3 is 0 Å². The van der Waals surface area contributed by atoms with Crippen molar-refractivity contribution in [3.8, 4) is 5.75 Å². The zero-order chi connectivity index (χ0) is 13.1. The molecule has 0 bridgehead atoms. The molecule has 0 saturated carbocycles. The van der Waals surface area contributed by atoms with E-state index in [-0.39, 0.29) is 17.3 Å². The maximum Gasteiger partial charge on any atom is 0.256 e. The van der Waals surface area contributed by atoms with Gasteiger partial charge in [-0.2, -0.15) is 0 Å². The van der Waals surface area contributed by atoms with Gasteiger partial charge < -0.3 is 10.4 Å². The average molecular weight is 357 g/mol. The highest BCUT2D eigenvalue weighted by Crippen LogP contribution is 2.21. The predicted molar refractivity (Wildman–Crippen MR) is 75.2 cm³/mol. The van der Waals surface area contributed by atoms with Gasteiger partial charge in [-0.25, -0.2) is 4.39 Å².